The van der Waals surface area contributed by atoms with Crippen LogP contribution in [0.5, 0.6) is 11.5 Å². The molecule has 0 bridgehead atoms. The highest BCUT2D eigenvalue weighted by atomic mass is 16.7. The van der Waals surface area contributed by atoms with Gasteiger partial charge < -0.3 is 39.4 Å². The Kier molecular flexibility index (Phi) is 7.83. The number of ether oxygens (including phenoxy) is 4. The molecule has 1 aliphatic heterocycles. The maximum absolute atomic E-state index is 9.88. The van der Waals surface area contributed by atoms with E-state index < -0.39 is 37.3 Å². The van der Waals surface area contributed by atoms with Crippen molar-refractivity contribution in [3.63, 3.8) is 0 Å². The Morgan fingerprint density at radius 1 is 1.04 bits per heavy atom. The first-order chi connectivity index (χ1) is 12.5. The standard InChI is InChI=1S/C18H26O8/c1-23-12-7-6-11(9-13(12)24-2)5-3-4-8-25-18-17(22)16(21)15(20)14(10-19)26-18/h3,5-7,9,14-22H,4,8,10H2,1-2H3/b5-3+/t14-,15-,16+,17-,18-/m1/s1. The van der Waals surface area contributed by atoms with Gasteiger partial charge in [-0.1, -0.05) is 18.2 Å². The molecule has 5 atom stereocenters. The third kappa shape index (κ3) is 4.94. The van der Waals surface area contributed by atoms with E-state index in [0.717, 1.165) is 5.56 Å². The van der Waals surface area contributed by atoms with Crippen LogP contribution in [0.25, 0.3) is 6.08 Å². The molecule has 0 radical (unpaired) electrons. The molecule has 0 saturated carbocycles. The van der Waals surface area contributed by atoms with Gasteiger partial charge in [0.1, 0.15) is 24.4 Å². The molecule has 1 fully saturated rings. The third-order valence-electron chi connectivity index (χ3n) is 4.13. The van der Waals surface area contributed by atoms with Crippen LogP contribution in [-0.2, 0) is 9.47 Å². The molecule has 0 amide bonds. The van der Waals surface area contributed by atoms with E-state index in [4.69, 9.17) is 24.1 Å². The Hall–Kier alpha value is -1.68. The molecule has 1 heterocycles. The molecule has 26 heavy (non-hydrogen) atoms. The van der Waals surface area contributed by atoms with Crippen molar-refractivity contribution < 1.29 is 39.4 Å². The van der Waals surface area contributed by atoms with Crippen molar-refractivity contribution in [2.75, 3.05) is 27.4 Å². The minimum atomic E-state index is -1.44. The average molecular weight is 370 g/mol. The summed E-state index contributed by atoms with van der Waals surface area (Å²) < 4.78 is 21.1. The maximum Gasteiger partial charge on any atom is 0.186 e. The lowest BCUT2D eigenvalue weighted by atomic mass is 9.99. The second-order valence-corrected chi connectivity index (χ2v) is 5.87. The lowest BCUT2D eigenvalue weighted by Gasteiger charge is -2.39. The smallest absolute Gasteiger partial charge is 0.186 e. The van der Waals surface area contributed by atoms with E-state index in [1.165, 1.54) is 0 Å². The highest BCUT2D eigenvalue weighted by Gasteiger charge is 2.43. The Bertz CT molecular complexity index is 589. The molecule has 2 rings (SSSR count). The summed E-state index contributed by atoms with van der Waals surface area (Å²) in [4.78, 5) is 0. The molecule has 8 nitrogen and oxygen atoms in total. The van der Waals surface area contributed by atoms with E-state index >= 15 is 0 Å². The SMILES string of the molecule is COc1ccc(/C=C/CCO[C@@H]2O[C@H](CO)[C@@H](O)[C@H](O)[C@H]2O)cc1OC. The van der Waals surface area contributed by atoms with E-state index in [2.05, 4.69) is 0 Å². The molecule has 146 valence electrons. The zero-order chi connectivity index (χ0) is 19.1. The van der Waals surface area contributed by atoms with Crippen molar-refractivity contribution >= 4 is 6.08 Å². The van der Waals surface area contributed by atoms with E-state index in [1.54, 1.807) is 14.2 Å². The summed E-state index contributed by atoms with van der Waals surface area (Å²) in [6.45, 7) is -0.253. The lowest BCUT2D eigenvalue weighted by Crippen LogP contribution is -2.59. The van der Waals surface area contributed by atoms with Crippen molar-refractivity contribution in [3.05, 3.63) is 29.8 Å². The van der Waals surface area contributed by atoms with Gasteiger partial charge in [-0.2, -0.15) is 0 Å². The van der Waals surface area contributed by atoms with Gasteiger partial charge in [0.05, 0.1) is 27.4 Å². The highest BCUT2D eigenvalue weighted by Crippen LogP contribution is 2.28. The van der Waals surface area contributed by atoms with Gasteiger partial charge >= 0.3 is 0 Å². The second kappa shape index (κ2) is 9.86. The van der Waals surface area contributed by atoms with Gasteiger partial charge in [0.2, 0.25) is 0 Å². The Labute approximate surface area is 152 Å². The van der Waals surface area contributed by atoms with Gasteiger partial charge in [0, 0.05) is 0 Å². The number of hydrogen-bond donors (Lipinski definition) is 4. The number of benzene rings is 1. The monoisotopic (exact) mass is 370 g/mol. The summed E-state index contributed by atoms with van der Waals surface area (Å²) in [5.74, 6) is 1.28. The molecule has 1 aliphatic rings. The van der Waals surface area contributed by atoms with Crippen LogP contribution in [0.15, 0.2) is 24.3 Å². The van der Waals surface area contributed by atoms with E-state index in [-0.39, 0.29) is 6.61 Å². The van der Waals surface area contributed by atoms with Crippen LogP contribution in [0.3, 0.4) is 0 Å². The van der Waals surface area contributed by atoms with Crippen molar-refractivity contribution in [3.8, 4) is 11.5 Å². The number of aliphatic hydroxyl groups excluding tert-OH is 4. The number of methoxy groups -OCH3 is 2. The van der Waals surface area contributed by atoms with Gasteiger partial charge in [0.15, 0.2) is 17.8 Å². The molecule has 0 spiro atoms. The number of hydrogen-bond acceptors (Lipinski definition) is 8. The summed E-state index contributed by atoms with van der Waals surface area (Å²) in [7, 11) is 3.14. The summed E-state index contributed by atoms with van der Waals surface area (Å²) in [6.07, 6.45) is -2.00. The van der Waals surface area contributed by atoms with Crippen LogP contribution >= 0.6 is 0 Å². The first kappa shape index (κ1) is 20.6. The number of rotatable bonds is 8. The molecule has 4 N–H and O–H groups in total. The summed E-state index contributed by atoms with van der Waals surface area (Å²) in [6, 6.07) is 5.53. The van der Waals surface area contributed by atoms with Crippen LogP contribution in [0.2, 0.25) is 0 Å². The van der Waals surface area contributed by atoms with Crippen molar-refractivity contribution in [1.29, 1.82) is 0 Å². The molecule has 0 unspecified atom stereocenters. The van der Waals surface area contributed by atoms with Gasteiger partial charge in [-0.05, 0) is 24.1 Å². The Morgan fingerprint density at radius 3 is 2.42 bits per heavy atom. The van der Waals surface area contributed by atoms with Crippen molar-refractivity contribution in [2.45, 2.75) is 37.1 Å². The predicted molar refractivity (Wildman–Crippen MR) is 92.9 cm³/mol. The fourth-order valence-electron chi connectivity index (χ4n) is 2.63. The van der Waals surface area contributed by atoms with Crippen molar-refractivity contribution in [1.82, 2.24) is 0 Å². The van der Waals surface area contributed by atoms with Crippen LogP contribution < -0.4 is 9.47 Å². The van der Waals surface area contributed by atoms with Gasteiger partial charge in [-0.25, -0.2) is 0 Å². The zero-order valence-electron chi connectivity index (χ0n) is 14.8. The zero-order valence-corrected chi connectivity index (χ0v) is 14.8. The van der Waals surface area contributed by atoms with Crippen LogP contribution in [-0.4, -0.2) is 78.6 Å². The van der Waals surface area contributed by atoms with Gasteiger partial charge in [0.25, 0.3) is 0 Å². The quantitative estimate of drug-likeness (QED) is 0.470. The first-order valence-electron chi connectivity index (χ1n) is 8.32. The van der Waals surface area contributed by atoms with Crippen molar-refractivity contribution in [2.24, 2.45) is 0 Å². The Balaban J connectivity index is 1.83. The molecule has 0 aliphatic carbocycles. The fraction of sp³-hybridized carbons (Fsp3) is 0.556. The summed E-state index contributed by atoms with van der Waals surface area (Å²) in [5, 5.41) is 38.4. The van der Waals surface area contributed by atoms with E-state index in [1.807, 2.05) is 30.4 Å². The molecule has 0 aromatic heterocycles. The van der Waals surface area contributed by atoms with E-state index in [0.29, 0.717) is 17.9 Å². The fourth-order valence-corrected chi connectivity index (χ4v) is 2.63. The molecule has 1 aromatic rings. The Morgan fingerprint density at radius 2 is 1.77 bits per heavy atom. The van der Waals surface area contributed by atoms with Gasteiger partial charge in [-0.3, -0.25) is 0 Å². The largest absolute Gasteiger partial charge is 0.493 e. The molecular formula is C18H26O8. The van der Waals surface area contributed by atoms with Crippen LogP contribution in [0.4, 0.5) is 0 Å². The molecular weight excluding hydrogens is 344 g/mol. The molecule has 8 heteroatoms. The summed E-state index contributed by atoms with van der Waals surface area (Å²) in [5.41, 5.74) is 0.926. The van der Waals surface area contributed by atoms with Crippen LogP contribution in [0, 0.1) is 0 Å². The predicted octanol–water partition coefficient (Wildman–Crippen LogP) is -0.0764. The maximum atomic E-state index is 9.88. The molecule has 1 saturated heterocycles. The average Bonchev–Trinajstić information content (AvgIpc) is 2.67. The molecule has 1 aromatic carbocycles. The minimum Gasteiger partial charge on any atom is -0.493 e. The number of aliphatic hydroxyl groups is 4. The van der Waals surface area contributed by atoms with Gasteiger partial charge in [-0.15, -0.1) is 0 Å². The minimum absolute atomic E-state index is 0.229. The van der Waals surface area contributed by atoms with Crippen LogP contribution in [0.1, 0.15) is 12.0 Å². The normalized spacial score (nSPS) is 29.1. The first-order valence-corrected chi connectivity index (χ1v) is 8.32. The lowest BCUT2D eigenvalue weighted by molar-refractivity contribution is -0.300. The topological polar surface area (TPSA) is 118 Å². The van der Waals surface area contributed by atoms with E-state index in [9.17, 15) is 15.3 Å². The third-order valence-corrected chi connectivity index (χ3v) is 4.13. The second-order valence-electron chi connectivity index (χ2n) is 5.87. The highest BCUT2D eigenvalue weighted by molar-refractivity contribution is 5.55. The summed E-state index contributed by atoms with van der Waals surface area (Å²) >= 11 is 0.